The molecule has 0 amide bonds. The Hall–Kier alpha value is -1.55. The molecule has 4 heteroatoms. The van der Waals surface area contributed by atoms with Crippen molar-refractivity contribution < 1.29 is 4.92 Å². The number of thiol groups is 1. The van der Waals surface area contributed by atoms with Crippen LogP contribution in [0.4, 0.5) is 5.69 Å². The molecule has 2 rings (SSSR count). The van der Waals surface area contributed by atoms with Gasteiger partial charge in [-0.3, -0.25) is 10.1 Å². The van der Waals surface area contributed by atoms with Crippen LogP contribution in [0, 0.1) is 10.1 Å². The van der Waals surface area contributed by atoms with Crippen LogP contribution in [-0.2, 0) is 0 Å². The van der Waals surface area contributed by atoms with Crippen LogP contribution in [0.1, 0.15) is 13.8 Å². The van der Waals surface area contributed by atoms with Crippen LogP contribution in [0.25, 0.3) is 0 Å². The van der Waals surface area contributed by atoms with Gasteiger partial charge in [-0.05, 0) is 35.8 Å². The van der Waals surface area contributed by atoms with Gasteiger partial charge in [-0.1, -0.05) is 18.2 Å². The fourth-order valence-corrected chi connectivity index (χ4v) is 4.02. The molecule has 0 bridgehead atoms. The minimum atomic E-state index is -0.637. The largest absolute Gasteiger partial charge is 0.281 e. The van der Waals surface area contributed by atoms with Crippen molar-refractivity contribution in [3.05, 3.63) is 56.3 Å². The molecule has 1 aliphatic heterocycles. The van der Waals surface area contributed by atoms with Crippen LogP contribution < -0.4 is 0 Å². The molecule has 0 N–H and O–H groups in total. The summed E-state index contributed by atoms with van der Waals surface area (Å²) >= 11 is 0. The van der Waals surface area contributed by atoms with Crippen LogP contribution in [0.2, 0.25) is 0 Å². The molecule has 3 nitrogen and oxygen atoms in total. The SMILES string of the molecule is CC1=C[SH](c2ccccc2[N+](=O)[O-])C(C)=C1. The van der Waals surface area contributed by atoms with E-state index in [1.165, 1.54) is 10.5 Å². The van der Waals surface area contributed by atoms with E-state index >= 15 is 0 Å². The first-order chi connectivity index (χ1) is 7.59. The Labute approximate surface area is 97.0 Å². The number of hydrogen-bond acceptors (Lipinski definition) is 2. The summed E-state index contributed by atoms with van der Waals surface area (Å²) in [5.74, 6) is 0. The molecule has 84 valence electrons. The lowest BCUT2D eigenvalue weighted by molar-refractivity contribution is -0.387. The molecule has 0 aliphatic carbocycles. The molecular formula is C12H13NO2S. The first-order valence-corrected chi connectivity index (χ1v) is 6.40. The van der Waals surface area contributed by atoms with E-state index in [0.717, 1.165) is 4.90 Å². The summed E-state index contributed by atoms with van der Waals surface area (Å²) in [6.45, 7) is 4.07. The molecular weight excluding hydrogens is 222 g/mol. The zero-order valence-corrected chi connectivity index (χ0v) is 10.1. The zero-order valence-electron chi connectivity index (χ0n) is 9.18. The number of allylic oxidation sites excluding steroid dienone is 3. The lowest BCUT2D eigenvalue weighted by atomic mass is 10.3. The maximum Gasteiger partial charge on any atom is 0.281 e. The third kappa shape index (κ3) is 1.88. The standard InChI is InChI=1S/C12H13NO2S/c1-9-7-10(2)16(8-9)12-6-4-3-5-11(12)13(14)15/h3-8,16H,1-2H3. The molecule has 0 spiro atoms. The number of para-hydroxylation sites is 1. The predicted molar refractivity (Wildman–Crippen MR) is 67.9 cm³/mol. The van der Waals surface area contributed by atoms with E-state index in [1.54, 1.807) is 12.1 Å². The number of nitrogens with zero attached hydrogens (tertiary/aromatic N) is 1. The van der Waals surface area contributed by atoms with Crippen molar-refractivity contribution in [2.24, 2.45) is 0 Å². The highest BCUT2D eigenvalue weighted by molar-refractivity contribution is 8.23. The number of hydrogen-bond donors (Lipinski definition) is 1. The quantitative estimate of drug-likeness (QED) is 0.481. The van der Waals surface area contributed by atoms with Crippen LogP contribution in [0.15, 0.2) is 51.1 Å². The van der Waals surface area contributed by atoms with E-state index in [0.29, 0.717) is 0 Å². The van der Waals surface area contributed by atoms with Crippen molar-refractivity contribution in [1.82, 2.24) is 0 Å². The Kier molecular flexibility index (Phi) is 2.83. The molecule has 0 radical (unpaired) electrons. The molecule has 1 aromatic carbocycles. The lowest BCUT2D eigenvalue weighted by Crippen LogP contribution is -1.92. The first kappa shape index (κ1) is 11.0. The second kappa shape index (κ2) is 4.14. The van der Waals surface area contributed by atoms with Gasteiger partial charge in [-0.2, -0.15) is 10.9 Å². The van der Waals surface area contributed by atoms with Crippen LogP contribution in [-0.4, -0.2) is 4.92 Å². The van der Waals surface area contributed by atoms with E-state index in [1.807, 2.05) is 26.0 Å². The van der Waals surface area contributed by atoms with E-state index in [4.69, 9.17) is 0 Å². The highest BCUT2D eigenvalue weighted by Crippen LogP contribution is 2.52. The average Bonchev–Trinajstić information content (AvgIpc) is 2.57. The minimum Gasteiger partial charge on any atom is -0.258 e. The molecule has 16 heavy (non-hydrogen) atoms. The van der Waals surface area contributed by atoms with E-state index < -0.39 is 10.9 Å². The summed E-state index contributed by atoms with van der Waals surface area (Å²) in [4.78, 5) is 12.7. The van der Waals surface area contributed by atoms with Gasteiger partial charge in [0.1, 0.15) is 0 Å². The second-order valence-corrected chi connectivity index (χ2v) is 5.96. The topological polar surface area (TPSA) is 43.1 Å². The summed E-state index contributed by atoms with van der Waals surface area (Å²) in [6.07, 6.45) is 2.10. The van der Waals surface area contributed by atoms with Crippen molar-refractivity contribution in [3.63, 3.8) is 0 Å². The lowest BCUT2D eigenvalue weighted by Gasteiger charge is -2.15. The van der Waals surface area contributed by atoms with Gasteiger partial charge in [0.2, 0.25) is 0 Å². The van der Waals surface area contributed by atoms with Gasteiger partial charge >= 0.3 is 0 Å². The molecule has 1 atom stereocenters. The van der Waals surface area contributed by atoms with Gasteiger partial charge < -0.3 is 0 Å². The molecule has 0 saturated carbocycles. The minimum absolute atomic E-state index is 0.229. The van der Waals surface area contributed by atoms with Gasteiger partial charge in [0, 0.05) is 6.07 Å². The smallest absolute Gasteiger partial charge is 0.258 e. The maximum absolute atomic E-state index is 10.9. The fourth-order valence-electron chi connectivity index (χ4n) is 1.82. The number of nitro benzene ring substituents is 1. The van der Waals surface area contributed by atoms with E-state index in [9.17, 15) is 10.1 Å². The summed E-state index contributed by atoms with van der Waals surface area (Å²) in [5, 5.41) is 13.1. The van der Waals surface area contributed by atoms with E-state index in [-0.39, 0.29) is 10.6 Å². The molecule has 1 aliphatic rings. The Bertz CT molecular complexity index is 505. The average molecular weight is 235 g/mol. The van der Waals surface area contributed by atoms with Gasteiger partial charge in [0.25, 0.3) is 5.69 Å². The molecule has 0 fully saturated rings. The van der Waals surface area contributed by atoms with E-state index in [2.05, 4.69) is 11.5 Å². The first-order valence-electron chi connectivity index (χ1n) is 4.99. The monoisotopic (exact) mass is 235 g/mol. The summed E-state index contributed by atoms with van der Waals surface area (Å²) in [7, 11) is -0.637. The summed E-state index contributed by atoms with van der Waals surface area (Å²) in [5.41, 5.74) is 1.43. The van der Waals surface area contributed by atoms with Crippen LogP contribution in [0.5, 0.6) is 0 Å². The molecule has 1 unspecified atom stereocenters. The Morgan fingerprint density at radius 3 is 2.50 bits per heavy atom. The Morgan fingerprint density at radius 1 is 1.25 bits per heavy atom. The highest BCUT2D eigenvalue weighted by atomic mass is 32.2. The van der Waals surface area contributed by atoms with Crippen LogP contribution >= 0.6 is 10.9 Å². The number of benzene rings is 1. The molecule has 0 aromatic heterocycles. The summed E-state index contributed by atoms with van der Waals surface area (Å²) < 4.78 is 0. The van der Waals surface area contributed by atoms with Gasteiger partial charge in [0.15, 0.2) is 0 Å². The third-order valence-corrected chi connectivity index (χ3v) is 4.94. The fraction of sp³-hybridized carbons (Fsp3) is 0.167. The van der Waals surface area contributed by atoms with Gasteiger partial charge in [-0.25, -0.2) is 0 Å². The predicted octanol–water partition coefficient (Wildman–Crippen LogP) is 3.78. The van der Waals surface area contributed by atoms with Crippen molar-refractivity contribution in [2.75, 3.05) is 0 Å². The van der Waals surface area contributed by atoms with Crippen molar-refractivity contribution >= 4 is 16.6 Å². The zero-order chi connectivity index (χ0) is 11.7. The Morgan fingerprint density at radius 2 is 1.94 bits per heavy atom. The summed E-state index contributed by atoms with van der Waals surface area (Å²) in [6, 6.07) is 7.00. The van der Waals surface area contributed by atoms with Crippen molar-refractivity contribution in [1.29, 1.82) is 0 Å². The van der Waals surface area contributed by atoms with Gasteiger partial charge in [-0.15, -0.1) is 0 Å². The van der Waals surface area contributed by atoms with Gasteiger partial charge in [0.05, 0.1) is 9.82 Å². The maximum atomic E-state index is 10.9. The number of nitro groups is 1. The normalized spacial score (nSPS) is 21.5. The second-order valence-electron chi connectivity index (χ2n) is 3.77. The van der Waals surface area contributed by atoms with Crippen molar-refractivity contribution in [2.45, 2.75) is 18.7 Å². The molecule has 0 saturated heterocycles. The van der Waals surface area contributed by atoms with Crippen LogP contribution in [0.3, 0.4) is 0 Å². The Balaban J connectivity index is 2.50. The highest BCUT2D eigenvalue weighted by Gasteiger charge is 2.20. The number of rotatable bonds is 2. The molecule has 1 heterocycles. The third-order valence-electron chi connectivity index (χ3n) is 2.49. The molecule has 1 aromatic rings. The van der Waals surface area contributed by atoms with Crippen molar-refractivity contribution in [3.8, 4) is 0 Å².